The summed E-state index contributed by atoms with van der Waals surface area (Å²) in [4.78, 5) is 0. The van der Waals surface area contributed by atoms with Crippen molar-refractivity contribution in [3.63, 3.8) is 0 Å². The van der Waals surface area contributed by atoms with Crippen LogP contribution in [0.1, 0.15) is 74.3 Å². The summed E-state index contributed by atoms with van der Waals surface area (Å²) in [7, 11) is 0. The maximum atomic E-state index is 9.95. The molecule has 0 heterocycles. The van der Waals surface area contributed by atoms with Gasteiger partial charge < -0.3 is 20.4 Å². The van der Waals surface area contributed by atoms with E-state index in [0.717, 1.165) is 51.4 Å². The Hall–Kier alpha value is -0.940. The number of hydrogen-bond acceptors (Lipinski definition) is 4. The molecule has 0 aromatic heterocycles. The van der Waals surface area contributed by atoms with Crippen molar-refractivity contribution in [1.82, 2.24) is 0 Å². The fourth-order valence-electron chi connectivity index (χ4n) is 5.47. The zero-order chi connectivity index (χ0) is 18.6. The summed E-state index contributed by atoms with van der Waals surface area (Å²) in [6, 6.07) is 8.55. The Kier molecular flexibility index (Phi) is 6.39. The number of rotatable bonds is 6. The minimum atomic E-state index is -0.412. The van der Waals surface area contributed by atoms with Crippen molar-refractivity contribution in [3.05, 3.63) is 35.4 Å². The van der Waals surface area contributed by atoms with Crippen LogP contribution in [-0.4, -0.2) is 46.9 Å². The summed E-state index contributed by atoms with van der Waals surface area (Å²) < 4.78 is 0. The van der Waals surface area contributed by atoms with Gasteiger partial charge in [0.05, 0.1) is 26.4 Å². The Labute approximate surface area is 156 Å². The predicted octanol–water partition coefficient (Wildman–Crippen LogP) is 2.94. The van der Waals surface area contributed by atoms with E-state index < -0.39 is 10.8 Å². The van der Waals surface area contributed by atoms with E-state index in [4.69, 9.17) is 0 Å². The van der Waals surface area contributed by atoms with Crippen molar-refractivity contribution in [2.45, 2.75) is 63.2 Å². The second kappa shape index (κ2) is 8.39. The van der Waals surface area contributed by atoms with Gasteiger partial charge in [0.15, 0.2) is 0 Å². The van der Waals surface area contributed by atoms with Gasteiger partial charge in [0.2, 0.25) is 0 Å². The molecule has 0 radical (unpaired) electrons. The summed E-state index contributed by atoms with van der Waals surface area (Å²) in [5.41, 5.74) is 1.55. The van der Waals surface area contributed by atoms with Gasteiger partial charge in [-0.25, -0.2) is 0 Å². The van der Waals surface area contributed by atoms with Crippen LogP contribution in [0, 0.1) is 10.8 Å². The van der Waals surface area contributed by atoms with Crippen LogP contribution in [0.2, 0.25) is 0 Å². The summed E-state index contributed by atoms with van der Waals surface area (Å²) in [5, 5.41) is 39.8. The highest BCUT2D eigenvalue weighted by molar-refractivity contribution is 5.31. The fourth-order valence-corrected chi connectivity index (χ4v) is 5.47. The third-order valence-corrected chi connectivity index (χ3v) is 7.31. The summed E-state index contributed by atoms with van der Waals surface area (Å²) >= 11 is 0. The van der Waals surface area contributed by atoms with Crippen molar-refractivity contribution in [1.29, 1.82) is 0 Å². The molecular weight excluding hydrogens is 328 g/mol. The maximum absolute atomic E-state index is 9.95. The SMILES string of the molecule is OCC1(CO)CCCCC1c1ccc(C2CCCCC2(CO)CO)cc1. The Bertz CT molecular complexity index is 509. The van der Waals surface area contributed by atoms with E-state index in [2.05, 4.69) is 24.3 Å². The zero-order valence-electron chi connectivity index (χ0n) is 15.7. The first-order valence-corrected chi connectivity index (χ1v) is 10.2. The molecule has 0 amide bonds. The summed E-state index contributed by atoms with van der Waals surface area (Å²) in [6.07, 6.45) is 8.13. The second-order valence-electron chi connectivity index (χ2n) is 8.62. The van der Waals surface area contributed by atoms with Gasteiger partial charge in [0.25, 0.3) is 0 Å². The molecule has 0 aliphatic heterocycles. The van der Waals surface area contributed by atoms with Crippen molar-refractivity contribution in [2.75, 3.05) is 26.4 Å². The van der Waals surface area contributed by atoms with Gasteiger partial charge in [-0.3, -0.25) is 0 Å². The van der Waals surface area contributed by atoms with E-state index in [9.17, 15) is 20.4 Å². The second-order valence-corrected chi connectivity index (χ2v) is 8.62. The molecule has 0 saturated heterocycles. The third kappa shape index (κ3) is 3.45. The van der Waals surface area contributed by atoms with E-state index in [-0.39, 0.29) is 38.3 Å². The maximum Gasteiger partial charge on any atom is 0.0515 e. The van der Waals surface area contributed by atoms with Crippen LogP contribution in [0.4, 0.5) is 0 Å². The van der Waals surface area contributed by atoms with Gasteiger partial charge in [-0.05, 0) is 48.6 Å². The zero-order valence-corrected chi connectivity index (χ0v) is 15.7. The van der Waals surface area contributed by atoms with Crippen LogP contribution >= 0.6 is 0 Å². The largest absolute Gasteiger partial charge is 0.396 e. The molecular formula is C22H34O4. The van der Waals surface area contributed by atoms with E-state index in [0.29, 0.717) is 0 Å². The van der Waals surface area contributed by atoms with E-state index in [1.807, 2.05) is 0 Å². The summed E-state index contributed by atoms with van der Waals surface area (Å²) in [5.74, 6) is 0.374. The number of aliphatic hydroxyl groups is 4. The lowest BCUT2D eigenvalue weighted by molar-refractivity contribution is 0.00343. The molecule has 4 heteroatoms. The minimum absolute atomic E-state index is 0.0245. The van der Waals surface area contributed by atoms with Crippen LogP contribution in [0.15, 0.2) is 24.3 Å². The van der Waals surface area contributed by atoms with Gasteiger partial charge in [-0.1, -0.05) is 49.9 Å². The van der Waals surface area contributed by atoms with Crippen LogP contribution in [-0.2, 0) is 0 Å². The van der Waals surface area contributed by atoms with Gasteiger partial charge in [-0.2, -0.15) is 0 Å². The monoisotopic (exact) mass is 362 g/mol. The fraction of sp³-hybridized carbons (Fsp3) is 0.727. The van der Waals surface area contributed by atoms with Crippen LogP contribution < -0.4 is 0 Å². The topological polar surface area (TPSA) is 80.9 Å². The molecule has 0 bridgehead atoms. The molecule has 2 aliphatic rings. The molecule has 2 atom stereocenters. The van der Waals surface area contributed by atoms with Crippen LogP contribution in [0.25, 0.3) is 0 Å². The Balaban J connectivity index is 1.86. The summed E-state index contributed by atoms with van der Waals surface area (Å²) in [6.45, 7) is 0.0979. The van der Waals surface area contributed by atoms with Gasteiger partial charge in [-0.15, -0.1) is 0 Å². The lowest BCUT2D eigenvalue weighted by atomic mass is 9.63. The lowest BCUT2D eigenvalue weighted by Crippen LogP contribution is -2.39. The predicted molar refractivity (Wildman–Crippen MR) is 102 cm³/mol. The Morgan fingerprint density at radius 3 is 1.27 bits per heavy atom. The first-order valence-electron chi connectivity index (χ1n) is 10.2. The molecule has 4 N–H and O–H groups in total. The molecule has 2 aliphatic carbocycles. The first-order chi connectivity index (χ1) is 12.6. The van der Waals surface area contributed by atoms with E-state index in [1.165, 1.54) is 11.1 Å². The quantitative estimate of drug-likeness (QED) is 0.627. The standard InChI is InChI=1S/C22H34O4/c23-13-21(14-24)11-3-1-5-19(21)17-7-9-18(10-8-17)20-6-2-4-12-22(20,15-25)16-26/h7-10,19-20,23-26H,1-6,11-16H2. The molecule has 4 nitrogen and oxygen atoms in total. The molecule has 3 rings (SSSR count). The lowest BCUT2D eigenvalue weighted by Gasteiger charge is -2.43. The van der Waals surface area contributed by atoms with Crippen molar-refractivity contribution in [3.8, 4) is 0 Å². The average molecular weight is 363 g/mol. The number of aliphatic hydroxyl groups excluding tert-OH is 4. The Morgan fingerprint density at radius 1 is 0.615 bits per heavy atom. The average Bonchev–Trinajstić information content (AvgIpc) is 2.73. The van der Waals surface area contributed by atoms with Crippen molar-refractivity contribution < 1.29 is 20.4 Å². The molecule has 2 unspecified atom stereocenters. The highest BCUT2D eigenvalue weighted by Gasteiger charge is 2.42. The van der Waals surface area contributed by atoms with Crippen LogP contribution in [0.3, 0.4) is 0 Å². The van der Waals surface area contributed by atoms with Gasteiger partial charge in [0, 0.05) is 10.8 Å². The molecule has 26 heavy (non-hydrogen) atoms. The van der Waals surface area contributed by atoms with Crippen LogP contribution in [0.5, 0.6) is 0 Å². The smallest absolute Gasteiger partial charge is 0.0515 e. The number of benzene rings is 1. The molecule has 1 aromatic carbocycles. The molecule has 2 saturated carbocycles. The third-order valence-electron chi connectivity index (χ3n) is 7.31. The van der Waals surface area contributed by atoms with Crippen molar-refractivity contribution in [2.24, 2.45) is 10.8 Å². The highest BCUT2D eigenvalue weighted by Crippen LogP contribution is 2.49. The van der Waals surface area contributed by atoms with Crippen molar-refractivity contribution >= 4 is 0 Å². The molecule has 0 spiro atoms. The normalized spacial score (nSPS) is 28.0. The highest BCUT2D eigenvalue weighted by atomic mass is 16.3. The first kappa shape index (κ1) is 19.8. The van der Waals surface area contributed by atoms with E-state index >= 15 is 0 Å². The molecule has 1 aromatic rings. The van der Waals surface area contributed by atoms with Gasteiger partial charge in [0.1, 0.15) is 0 Å². The molecule has 146 valence electrons. The Morgan fingerprint density at radius 2 is 0.962 bits per heavy atom. The molecule has 2 fully saturated rings. The van der Waals surface area contributed by atoms with E-state index in [1.54, 1.807) is 0 Å². The van der Waals surface area contributed by atoms with Gasteiger partial charge >= 0.3 is 0 Å². The number of hydrogen-bond donors (Lipinski definition) is 4. The minimum Gasteiger partial charge on any atom is -0.396 e.